The summed E-state index contributed by atoms with van der Waals surface area (Å²) in [5.41, 5.74) is 7.10. The predicted octanol–water partition coefficient (Wildman–Crippen LogP) is 2.15. The highest BCUT2D eigenvalue weighted by atomic mass is 35.5. The van der Waals surface area contributed by atoms with Crippen LogP contribution in [-0.2, 0) is 9.53 Å². The molecule has 1 atom stereocenters. The Hall–Kier alpha value is -0.850. The average molecular weight is 378 g/mol. The Labute approximate surface area is 157 Å². The molecule has 7 heteroatoms. The van der Waals surface area contributed by atoms with Gasteiger partial charge in [-0.1, -0.05) is 30.3 Å². The number of nitrogens with zero attached hydrogens (tertiary/aromatic N) is 1. The van der Waals surface area contributed by atoms with Crippen molar-refractivity contribution >= 4 is 30.7 Å². The zero-order chi connectivity index (χ0) is 15.8. The third-order valence-corrected chi connectivity index (χ3v) is 4.20. The van der Waals surface area contributed by atoms with Crippen LogP contribution in [0.1, 0.15) is 30.9 Å². The second-order valence-corrected chi connectivity index (χ2v) is 5.90. The molecule has 0 aromatic heterocycles. The molecule has 0 aliphatic carbocycles. The molecule has 1 aromatic carbocycles. The summed E-state index contributed by atoms with van der Waals surface area (Å²) in [6.45, 7) is 3.76. The molecule has 2 rings (SSSR count). The highest BCUT2D eigenvalue weighted by Crippen LogP contribution is 2.14. The predicted molar refractivity (Wildman–Crippen MR) is 102 cm³/mol. The monoisotopic (exact) mass is 377 g/mol. The molecule has 24 heavy (non-hydrogen) atoms. The van der Waals surface area contributed by atoms with Crippen LogP contribution in [0.4, 0.5) is 0 Å². The van der Waals surface area contributed by atoms with Gasteiger partial charge in [0.15, 0.2) is 0 Å². The summed E-state index contributed by atoms with van der Waals surface area (Å²) >= 11 is 0. The second kappa shape index (κ2) is 12.5. The van der Waals surface area contributed by atoms with Crippen LogP contribution in [0.15, 0.2) is 30.3 Å². The van der Waals surface area contributed by atoms with Crippen molar-refractivity contribution in [2.45, 2.75) is 31.3 Å². The molecule has 0 bridgehead atoms. The number of piperidine rings is 1. The first-order valence-electron chi connectivity index (χ1n) is 8.00. The van der Waals surface area contributed by atoms with Crippen molar-refractivity contribution in [1.29, 1.82) is 0 Å². The summed E-state index contributed by atoms with van der Waals surface area (Å²) in [6, 6.07) is 9.81. The summed E-state index contributed by atoms with van der Waals surface area (Å²) in [4.78, 5) is 14.5. The van der Waals surface area contributed by atoms with Gasteiger partial charge in [-0.2, -0.15) is 0 Å². The number of carbonyl (C=O) groups excluding carboxylic acids is 1. The average Bonchev–Trinajstić information content (AvgIpc) is 2.55. The number of hydrogen-bond acceptors (Lipinski definition) is 4. The van der Waals surface area contributed by atoms with Crippen molar-refractivity contribution in [1.82, 2.24) is 10.2 Å². The van der Waals surface area contributed by atoms with E-state index in [2.05, 4.69) is 10.2 Å². The zero-order valence-corrected chi connectivity index (χ0v) is 15.8. The summed E-state index contributed by atoms with van der Waals surface area (Å²) in [7, 11) is 1.73. The smallest absolute Gasteiger partial charge is 0.222 e. The highest BCUT2D eigenvalue weighted by molar-refractivity contribution is 5.85. The SMILES string of the molecule is COCCN1CCC(NC(=O)CC(N)c2ccccc2)CC1.Cl.Cl. The topological polar surface area (TPSA) is 67.6 Å². The number of carbonyl (C=O) groups is 1. The standard InChI is InChI=1S/C17H27N3O2.2ClH/c1-22-12-11-20-9-7-15(8-10-20)19-17(21)13-16(18)14-5-3-2-4-6-14;;/h2-6,15-16H,7-13,18H2,1H3,(H,19,21);2*1H. The largest absolute Gasteiger partial charge is 0.383 e. The van der Waals surface area contributed by atoms with Crippen molar-refractivity contribution in [3.8, 4) is 0 Å². The summed E-state index contributed by atoms with van der Waals surface area (Å²) in [6.07, 6.45) is 2.33. The van der Waals surface area contributed by atoms with Gasteiger partial charge < -0.3 is 20.7 Å². The van der Waals surface area contributed by atoms with Crippen molar-refractivity contribution in [3.63, 3.8) is 0 Å². The lowest BCUT2D eigenvalue weighted by Gasteiger charge is -2.32. The minimum atomic E-state index is -0.233. The van der Waals surface area contributed by atoms with Gasteiger partial charge in [-0.15, -0.1) is 24.8 Å². The molecule has 1 fully saturated rings. The first-order chi connectivity index (χ1) is 10.7. The fraction of sp³-hybridized carbons (Fsp3) is 0.588. The van der Waals surface area contributed by atoms with Crippen molar-refractivity contribution in [2.24, 2.45) is 5.73 Å². The van der Waals surface area contributed by atoms with Crippen LogP contribution in [0.5, 0.6) is 0 Å². The Morgan fingerprint density at radius 2 is 1.92 bits per heavy atom. The van der Waals surface area contributed by atoms with Gasteiger partial charge in [0.05, 0.1) is 6.61 Å². The van der Waals surface area contributed by atoms with E-state index in [4.69, 9.17) is 10.5 Å². The van der Waals surface area contributed by atoms with Gasteiger partial charge in [-0.3, -0.25) is 4.79 Å². The van der Waals surface area contributed by atoms with Gasteiger partial charge in [-0.05, 0) is 18.4 Å². The van der Waals surface area contributed by atoms with Crippen LogP contribution < -0.4 is 11.1 Å². The van der Waals surface area contributed by atoms with E-state index in [1.807, 2.05) is 30.3 Å². The first-order valence-corrected chi connectivity index (χ1v) is 8.00. The number of ether oxygens (including phenoxy) is 1. The molecule has 1 saturated heterocycles. The Balaban J connectivity index is 0.00000264. The summed E-state index contributed by atoms with van der Waals surface area (Å²) in [5.74, 6) is 0.0479. The molecular weight excluding hydrogens is 349 g/mol. The van der Waals surface area contributed by atoms with Crippen LogP contribution in [0.25, 0.3) is 0 Å². The summed E-state index contributed by atoms with van der Waals surface area (Å²) < 4.78 is 5.10. The Bertz CT molecular complexity index is 454. The maximum Gasteiger partial charge on any atom is 0.222 e. The molecule has 1 aromatic rings. The molecule has 0 spiro atoms. The Morgan fingerprint density at radius 1 is 1.29 bits per heavy atom. The van der Waals surface area contributed by atoms with Gasteiger partial charge in [0, 0.05) is 45.2 Å². The number of nitrogens with two attached hydrogens (primary N) is 1. The first kappa shape index (κ1) is 23.1. The molecule has 0 radical (unpaired) electrons. The number of halogens is 2. The lowest BCUT2D eigenvalue weighted by molar-refractivity contribution is -0.122. The molecule has 5 nitrogen and oxygen atoms in total. The number of hydrogen-bond donors (Lipinski definition) is 2. The maximum atomic E-state index is 12.1. The molecule has 1 amide bonds. The van der Waals surface area contributed by atoms with Crippen molar-refractivity contribution < 1.29 is 9.53 Å². The van der Waals surface area contributed by atoms with Crippen LogP contribution in [0.2, 0.25) is 0 Å². The van der Waals surface area contributed by atoms with Crippen LogP contribution >= 0.6 is 24.8 Å². The van der Waals surface area contributed by atoms with Gasteiger partial charge in [0.25, 0.3) is 0 Å². The van der Waals surface area contributed by atoms with E-state index in [0.29, 0.717) is 6.42 Å². The number of benzene rings is 1. The fourth-order valence-electron chi connectivity index (χ4n) is 2.83. The third-order valence-electron chi connectivity index (χ3n) is 4.20. The summed E-state index contributed by atoms with van der Waals surface area (Å²) in [5, 5.41) is 3.12. The molecule has 1 unspecified atom stereocenters. The number of likely N-dealkylation sites (tertiary alicyclic amines) is 1. The number of amides is 1. The quantitative estimate of drug-likeness (QED) is 0.763. The number of methoxy groups -OCH3 is 1. The Morgan fingerprint density at radius 3 is 2.50 bits per heavy atom. The third kappa shape index (κ3) is 7.81. The van der Waals surface area contributed by atoms with Gasteiger partial charge in [0.2, 0.25) is 5.91 Å². The van der Waals surface area contributed by atoms with E-state index >= 15 is 0 Å². The molecule has 3 N–H and O–H groups in total. The molecule has 1 aliphatic heterocycles. The van der Waals surface area contributed by atoms with Crippen LogP contribution in [0, 0.1) is 0 Å². The van der Waals surface area contributed by atoms with Crippen molar-refractivity contribution in [2.75, 3.05) is 33.4 Å². The van der Waals surface area contributed by atoms with E-state index < -0.39 is 0 Å². The molecule has 1 aliphatic rings. The number of nitrogens with one attached hydrogen (secondary N) is 1. The van der Waals surface area contributed by atoms with E-state index in [1.165, 1.54) is 0 Å². The highest BCUT2D eigenvalue weighted by Gasteiger charge is 2.21. The fourth-order valence-corrected chi connectivity index (χ4v) is 2.83. The minimum absolute atomic E-state index is 0. The normalized spacial score (nSPS) is 16.6. The molecule has 138 valence electrons. The molecule has 1 heterocycles. The van der Waals surface area contributed by atoms with Crippen LogP contribution in [-0.4, -0.2) is 50.2 Å². The zero-order valence-electron chi connectivity index (χ0n) is 14.1. The van der Waals surface area contributed by atoms with Gasteiger partial charge in [-0.25, -0.2) is 0 Å². The number of rotatable bonds is 7. The van der Waals surface area contributed by atoms with E-state index in [1.54, 1.807) is 7.11 Å². The van der Waals surface area contributed by atoms with E-state index in [9.17, 15) is 4.79 Å². The second-order valence-electron chi connectivity index (χ2n) is 5.90. The lowest BCUT2D eigenvalue weighted by atomic mass is 10.0. The van der Waals surface area contributed by atoms with E-state index in [0.717, 1.165) is 44.6 Å². The maximum absolute atomic E-state index is 12.1. The van der Waals surface area contributed by atoms with Crippen LogP contribution in [0.3, 0.4) is 0 Å². The van der Waals surface area contributed by atoms with E-state index in [-0.39, 0.29) is 42.8 Å². The molecule has 0 saturated carbocycles. The van der Waals surface area contributed by atoms with Gasteiger partial charge in [0.1, 0.15) is 0 Å². The minimum Gasteiger partial charge on any atom is -0.383 e. The molecular formula is C17H29Cl2N3O2. The lowest BCUT2D eigenvalue weighted by Crippen LogP contribution is -2.45. The Kier molecular flexibility index (Phi) is 12.1. The van der Waals surface area contributed by atoms with Gasteiger partial charge >= 0.3 is 0 Å². The van der Waals surface area contributed by atoms with Crippen molar-refractivity contribution in [3.05, 3.63) is 35.9 Å².